The summed E-state index contributed by atoms with van der Waals surface area (Å²) in [4.78, 5) is 22.8. The summed E-state index contributed by atoms with van der Waals surface area (Å²) < 4.78 is 27.8. The number of aliphatic carboxylic acids is 1. The minimum atomic E-state index is -1.59. The fraction of sp³-hybridized carbons (Fsp3) is 0.857. The Bertz CT molecular complexity index is 455. The lowest BCUT2D eigenvalue weighted by Crippen LogP contribution is -2.32. The van der Waals surface area contributed by atoms with Crippen LogP contribution in [0.1, 0.15) is 96.8 Å². The Morgan fingerprint density at radius 2 is 1.74 bits per heavy atom. The number of rotatable bonds is 15. The molecule has 0 aromatic rings. The van der Waals surface area contributed by atoms with Crippen LogP contribution in [-0.2, 0) is 9.59 Å². The Hall–Kier alpha value is -1.04. The number of carboxylic acids is 1. The third-order valence-electron chi connectivity index (χ3n) is 5.98. The van der Waals surface area contributed by atoms with E-state index in [-0.39, 0.29) is 25.0 Å². The summed E-state index contributed by atoms with van der Waals surface area (Å²) in [5.41, 5.74) is -1.25. The van der Waals surface area contributed by atoms with E-state index in [0.717, 1.165) is 32.1 Å². The van der Waals surface area contributed by atoms with Crippen molar-refractivity contribution in [2.24, 2.45) is 11.3 Å². The van der Waals surface area contributed by atoms with Gasteiger partial charge in [0, 0.05) is 12.3 Å². The lowest BCUT2D eigenvalue weighted by molar-refractivity contribution is -0.147. The van der Waals surface area contributed by atoms with Gasteiger partial charge in [0.05, 0.1) is 5.41 Å². The van der Waals surface area contributed by atoms with E-state index in [4.69, 9.17) is 5.11 Å². The third kappa shape index (κ3) is 7.47. The van der Waals surface area contributed by atoms with Crippen LogP contribution in [0.5, 0.6) is 0 Å². The molecule has 0 bridgehead atoms. The van der Waals surface area contributed by atoms with Crippen LogP contribution in [0.25, 0.3) is 0 Å². The van der Waals surface area contributed by atoms with Crippen molar-refractivity contribution in [1.82, 2.24) is 0 Å². The molecular weight excluding hydrogens is 354 g/mol. The third-order valence-corrected chi connectivity index (χ3v) is 5.98. The Balaban J connectivity index is 2.47. The summed E-state index contributed by atoms with van der Waals surface area (Å²) in [6.45, 7) is 2.14. The van der Waals surface area contributed by atoms with Crippen LogP contribution in [0.2, 0.25) is 0 Å². The van der Waals surface area contributed by atoms with Crippen LogP contribution in [0.4, 0.5) is 8.78 Å². The summed E-state index contributed by atoms with van der Waals surface area (Å²) in [6.07, 6.45) is 6.42. The molecule has 0 heterocycles. The monoisotopic (exact) mass is 389 g/mol. The lowest BCUT2D eigenvalue weighted by atomic mass is 9.72. The van der Waals surface area contributed by atoms with Gasteiger partial charge < -0.3 is 10.2 Å². The van der Waals surface area contributed by atoms with Gasteiger partial charge in [0.25, 0.3) is 0 Å². The Morgan fingerprint density at radius 3 is 2.37 bits per heavy atom. The lowest BCUT2D eigenvalue weighted by Gasteiger charge is -2.33. The topological polar surface area (TPSA) is 74.6 Å². The summed E-state index contributed by atoms with van der Waals surface area (Å²) in [5.74, 6) is -1.91. The zero-order valence-electron chi connectivity index (χ0n) is 16.5. The molecule has 0 aromatic carbocycles. The molecule has 3 atom stereocenters. The minimum absolute atomic E-state index is 0.0562. The maximum atomic E-state index is 13.9. The number of aliphatic hydroxyl groups is 1. The maximum absolute atomic E-state index is 13.9. The summed E-state index contributed by atoms with van der Waals surface area (Å²) in [5, 5.41) is 17.9. The second kappa shape index (κ2) is 12.4. The number of hydrogen-bond acceptors (Lipinski definition) is 3. The SMILES string of the molecule is CCCCCCCC[C@@]1([C](F)F)CCC(=O)[C@@H]1CCCCCC(O)C(=O)O. The molecular formula is C21H35F2O4. The molecule has 1 aliphatic rings. The van der Waals surface area contributed by atoms with Crippen LogP contribution in [0, 0.1) is 17.8 Å². The first-order valence-electron chi connectivity index (χ1n) is 10.5. The molecule has 1 fully saturated rings. The number of Topliss-reactive ketones (excluding diaryl/α,β-unsaturated/α-hetero) is 1. The molecule has 4 nitrogen and oxygen atoms in total. The highest BCUT2D eigenvalue weighted by molar-refractivity contribution is 5.84. The molecule has 0 aliphatic heterocycles. The van der Waals surface area contributed by atoms with E-state index >= 15 is 0 Å². The number of aliphatic hydroxyl groups excluding tert-OH is 1. The van der Waals surface area contributed by atoms with Gasteiger partial charge in [0.1, 0.15) is 5.78 Å². The predicted molar refractivity (Wildman–Crippen MR) is 100 cm³/mol. The number of carboxylic acid groups (broad SMARTS) is 1. The van der Waals surface area contributed by atoms with Crippen molar-refractivity contribution in [3.63, 3.8) is 0 Å². The molecule has 1 aliphatic carbocycles. The van der Waals surface area contributed by atoms with Crippen LogP contribution in [0.15, 0.2) is 0 Å². The number of ketones is 1. The second-order valence-electron chi connectivity index (χ2n) is 7.95. The molecule has 1 radical (unpaired) electrons. The molecule has 6 heteroatoms. The van der Waals surface area contributed by atoms with Gasteiger partial charge in [-0.2, -0.15) is 8.78 Å². The number of hydrogen-bond donors (Lipinski definition) is 2. The zero-order chi connectivity index (χ0) is 20.3. The highest BCUT2D eigenvalue weighted by atomic mass is 19.3. The van der Waals surface area contributed by atoms with Gasteiger partial charge in [0.15, 0.2) is 6.10 Å². The first kappa shape index (κ1) is 24.0. The van der Waals surface area contributed by atoms with Gasteiger partial charge in [-0.05, 0) is 25.7 Å². The summed E-state index contributed by atoms with van der Waals surface area (Å²) in [6, 6.07) is 0. The van der Waals surface area contributed by atoms with Crippen molar-refractivity contribution in [3.05, 3.63) is 6.43 Å². The van der Waals surface area contributed by atoms with Crippen LogP contribution in [-0.4, -0.2) is 28.1 Å². The van der Waals surface area contributed by atoms with Crippen molar-refractivity contribution in [3.8, 4) is 0 Å². The van der Waals surface area contributed by atoms with E-state index in [1.54, 1.807) is 0 Å². The molecule has 0 spiro atoms. The van der Waals surface area contributed by atoms with Crippen LogP contribution in [0.3, 0.4) is 0 Å². The van der Waals surface area contributed by atoms with Gasteiger partial charge in [-0.25, -0.2) is 4.79 Å². The van der Waals surface area contributed by atoms with Gasteiger partial charge in [-0.3, -0.25) is 4.79 Å². The molecule has 0 saturated heterocycles. The average Bonchev–Trinajstić information content (AvgIpc) is 2.94. The fourth-order valence-corrected chi connectivity index (χ4v) is 4.27. The molecule has 1 rings (SSSR count). The van der Waals surface area contributed by atoms with Crippen molar-refractivity contribution < 1.29 is 28.6 Å². The Labute approximate surface area is 161 Å². The van der Waals surface area contributed by atoms with Gasteiger partial charge in [-0.15, -0.1) is 0 Å². The second-order valence-corrected chi connectivity index (χ2v) is 7.95. The van der Waals surface area contributed by atoms with Crippen molar-refractivity contribution in [1.29, 1.82) is 0 Å². The number of unbranched alkanes of at least 4 members (excludes halogenated alkanes) is 7. The average molecular weight is 390 g/mol. The standard InChI is InChI=1S/C21H35F2O4/c1-2-3-4-5-6-10-14-21(20(22)23)15-13-17(24)16(21)11-8-7-9-12-18(25)19(26)27/h16,18,25H,2-15H2,1H3,(H,26,27)/t16-,18?,21+/m0/s1. The van der Waals surface area contributed by atoms with Crippen LogP contribution >= 0.6 is 0 Å². The normalized spacial score (nSPS) is 23.9. The highest BCUT2D eigenvalue weighted by Gasteiger charge is 2.54. The largest absolute Gasteiger partial charge is 0.479 e. The van der Waals surface area contributed by atoms with E-state index in [9.17, 15) is 23.5 Å². The molecule has 0 amide bonds. The van der Waals surface area contributed by atoms with E-state index in [2.05, 4.69) is 6.92 Å². The Kier molecular flexibility index (Phi) is 11.0. The predicted octanol–water partition coefficient (Wildman–Crippen LogP) is 5.53. The van der Waals surface area contributed by atoms with Crippen molar-refractivity contribution >= 4 is 11.8 Å². The van der Waals surface area contributed by atoms with E-state index in [0.29, 0.717) is 32.1 Å². The zero-order valence-corrected chi connectivity index (χ0v) is 16.5. The van der Waals surface area contributed by atoms with E-state index < -0.39 is 29.8 Å². The smallest absolute Gasteiger partial charge is 0.332 e. The maximum Gasteiger partial charge on any atom is 0.332 e. The number of carbonyl (C=O) groups excluding carboxylic acids is 1. The fourth-order valence-electron chi connectivity index (χ4n) is 4.27. The highest BCUT2D eigenvalue weighted by Crippen LogP contribution is 2.54. The number of carbonyl (C=O) groups is 2. The van der Waals surface area contributed by atoms with E-state index in [1.165, 1.54) is 6.42 Å². The molecule has 2 N–H and O–H groups in total. The van der Waals surface area contributed by atoms with Crippen LogP contribution < -0.4 is 0 Å². The summed E-state index contributed by atoms with van der Waals surface area (Å²) in [7, 11) is 0. The van der Waals surface area contributed by atoms with E-state index in [1.807, 2.05) is 0 Å². The molecule has 157 valence electrons. The van der Waals surface area contributed by atoms with Crippen molar-refractivity contribution in [2.75, 3.05) is 0 Å². The van der Waals surface area contributed by atoms with Gasteiger partial charge >= 0.3 is 12.4 Å². The molecule has 1 saturated carbocycles. The summed E-state index contributed by atoms with van der Waals surface area (Å²) >= 11 is 0. The Morgan fingerprint density at radius 1 is 1.11 bits per heavy atom. The van der Waals surface area contributed by atoms with Gasteiger partial charge in [0.2, 0.25) is 0 Å². The molecule has 1 unspecified atom stereocenters. The molecule has 27 heavy (non-hydrogen) atoms. The molecule has 0 aromatic heterocycles. The number of halogens is 2. The first-order valence-corrected chi connectivity index (χ1v) is 10.5. The van der Waals surface area contributed by atoms with Crippen molar-refractivity contribution in [2.45, 2.75) is 103 Å². The quantitative estimate of drug-likeness (QED) is 0.361. The minimum Gasteiger partial charge on any atom is -0.479 e. The first-order chi connectivity index (χ1) is 12.8. The van der Waals surface area contributed by atoms with Gasteiger partial charge in [-0.1, -0.05) is 64.7 Å².